The average molecular weight is 355 g/mol. The largest absolute Gasteiger partial charge is 0.352 e. The number of hydrogen-bond donors (Lipinski definition) is 1. The summed E-state index contributed by atoms with van der Waals surface area (Å²) in [6.07, 6.45) is 4.38. The number of alkyl halides is 1. The lowest BCUT2D eigenvalue weighted by atomic mass is 9.89. The molecule has 0 atom stereocenters. The van der Waals surface area contributed by atoms with E-state index in [2.05, 4.69) is 21.2 Å². The maximum atomic E-state index is 12.2. The number of hydrogen-bond acceptors (Lipinski definition) is 3. The van der Waals surface area contributed by atoms with Gasteiger partial charge in [-0.15, -0.1) is 0 Å². The van der Waals surface area contributed by atoms with E-state index in [1.54, 1.807) is 19.1 Å². The standard InChI is InChI=1S/C15H19BrN2O3/c1-10-3-2-4-13(14(10)18(20)21)15(19)17-9-11-5-7-12(16)8-6-11/h2-4,11-12H,5-9H2,1H3,(H,17,19). The second kappa shape index (κ2) is 7.02. The van der Waals surface area contributed by atoms with Crippen LogP contribution in [0.4, 0.5) is 5.69 Å². The highest BCUT2D eigenvalue weighted by atomic mass is 79.9. The van der Waals surface area contributed by atoms with Crippen molar-refractivity contribution in [3.63, 3.8) is 0 Å². The molecule has 5 nitrogen and oxygen atoms in total. The average Bonchev–Trinajstić information content (AvgIpc) is 2.45. The SMILES string of the molecule is Cc1cccc(C(=O)NCC2CCC(Br)CC2)c1[N+](=O)[O-]. The quantitative estimate of drug-likeness (QED) is 0.510. The normalized spacial score (nSPS) is 21.8. The third kappa shape index (κ3) is 4.03. The topological polar surface area (TPSA) is 72.2 Å². The van der Waals surface area contributed by atoms with E-state index in [9.17, 15) is 14.9 Å². The number of carbonyl (C=O) groups excluding carboxylic acids is 1. The number of nitro groups is 1. The molecule has 1 aromatic carbocycles. The van der Waals surface area contributed by atoms with E-state index >= 15 is 0 Å². The van der Waals surface area contributed by atoms with Crippen molar-refractivity contribution in [2.75, 3.05) is 6.54 Å². The number of amides is 1. The van der Waals surface area contributed by atoms with Crippen molar-refractivity contribution in [2.45, 2.75) is 37.4 Å². The van der Waals surface area contributed by atoms with Gasteiger partial charge in [-0.2, -0.15) is 0 Å². The third-order valence-corrected chi connectivity index (χ3v) is 4.91. The molecule has 0 aliphatic heterocycles. The van der Waals surface area contributed by atoms with Crippen LogP contribution < -0.4 is 5.32 Å². The molecule has 1 fully saturated rings. The van der Waals surface area contributed by atoms with Crippen molar-refractivity contribution in [1.29, 1.82) is 0 Å². The Balaban J connectivity index is 2.01. The lowest BCUT2D eigenvalue weighted by molar-refractivity contribution is -0.385. The first-order valence-electron chi connectivity index (χ1n) is 7.15. The first-order chi connectivity index (χ1) is 9.99. The number of nitrogens with one attached hydrogen (secondary N) is 1. The summed E-state index contributed by atoms with van der Waals surface area (Å²) in [7, 11) is 0. The number of para-hydroxylation sites is 1. The van der Waals surface area contributed by atoms with E-state index < -0.39 is 4.92 Å². The number of rotatable bonds is 4. The monoisotopic (exact) mass is 354 g/mol. The molecule has 0 heterocycles. The van der Waals surface area contributed by atoms with E-state index in [4.69, 9.17) is 0 Å². The second-order valence-corrected chi connectivity index (χ2v) is 6.85. The van der Waals surface area contributed by atoms with Crippen LogP contribution in [-0.2, 0) is 0 Å². The number of nitrogens with zero attached hydrogens (tertiary/aromatic N) is 1. The lowest BCUT2D eigenvalue weighted by Gasteiger charge is -2.25. The van der Waals surface area contributed by atoms with Crippen molar-refractivity contribution < 1.29 is 9.72 Å². The summed E-state index contributed by atoms with van der Waals surface area (Å²) < 4.78 is 0. The molecule has 0 aromatic heterocycles. The predicted octanol–water partition coefficient (Wildman–Crippen LogP) is 3.59. The first kappa shape index (κ1) is 15.9. The van der Waals surface area contributed by atoms with Crippen LogP contribution in [0, 0.1) is 23.0 Å². The number of carbonyl (C=O) groups is 1. The molecule has 1 amide bonds. The number of aryl methyl sites for hydroxylation is 1. The second-order valence-electron chi connectivity index (χ2n) is 5.56. The Labute approximate surface area is 132 Å². The Morgan fingerprint density at radius 1 is 1.38 bits per heavy atom. The van der Waals surface area contributed by atoms with Gasteiger partial charge in [0.2, 0.25) is 0 Å². The van der Waals surface area contributed by atoms with Crippen molar-refractivity contribution in [1.82, 2.24) is 5.32 Å². The maximum absolute atomic E-state index is 12.2. The summed E-state index contributed by atoms with van der Waals surface area (Å²) in [5.41, 5.74) is 0.556. The van der Waals surface area contributed by atoms with Gasteiger partial charge in [-0.05, 0) is 44.6 Å². The zero-order chi connectivity index (χ0) is 15.4. The molecule has 1 aromatic rings. The Morgan fingerprint density at radius 2 is 2.05 bits per heavy atom. The molecule has 0 saturated heterocycles. The van der Waals surface area contributed by atoms with E-state index in [1.165, 1.54) is 6.07 Å². The molecule has 0 unspecified atom stereocenters. The van der Waals surface area contributed by atoms with Gasteiger partial charge in [-0.3, -0.25) is 14.9 Å². The van der Waals surface area contributed by atoms with Gasteiger partial charge in [-0.25, -0.2) is 0 Å². The highest BCUT2D eigenvalue weighted by Crippen LogP contribution is 2.28. The highest BCUT2D eigenvalue weighted by molar-refractivity contribution is 9.09. The molecular formula is C15H19BrN2O3. The van der Waals surface area contributed by atoms with E-state index in [1.807, 2.05) is 0 Å². The van der Waals surface area contributed by atoms with Crippen molar-refractivity contribution in [2.24, 2.45) is 5.92 Å². The number of nitro benzene ring substituents is 1. The van der Waals surface area contributed by atoms with E-state index in [-0.39, 0.29) is 17.2 Å². The van der Waals surface area contributed by atoms with Crippen LogP contribution in [0.5, 0.6) is 0 Å². The van der Waals surface area contributed by atoms with E-state index in [0.717, 1.165) is 25.7 Å². The molecule has 0 bridgehead atoms. The summed E-state index contributed by atoms with van der Waals surface area (Å²) in [4.78, 5) is 23.4. The molecule has 1 saturated carbocycles. The summed E-state index contributed by atoms with van der Waals surface area (Å²) >= 11 is 3.60. The molecule has 2 rings (SSSR count). The van der Waals surface area contributed by atoms with Gasteiger partial charge < -0.3 is 5.32 Å². The van der Waals surface area contributed by atoms with Crippen LogP contribution in [0.2, 0.25) is 0 Å². The number of halogens is 1. The van der Waals surface area contributed by atoms with Crippen LogP contribution in [0.1, 0.15) is 41.6 Å². The van der Waals surface area contributed by atoms with Gasteiger partial charge >= 0.3 is 0 Å². The fourth-order valence-corrected chi connectivity index (χ4v) is 3.27. The van der Waals surface area contributed by atoms with Gasteiger partial charge in [0.15, 0.2) is 0 Å². The molecule has 114 valence electrons. The van der Waals surface area contributed by atoms with Gasteiger partial charge in [0, 0.05) is 16.9 Å². The fraction of sp³-hybridized carbons (Fsp3) is 0.533. The minimum atomic E-state index is -0.486. The third-order valence-electron chi connectivity index (χ3n) is 3.99. The lowest BCUT2D eigenvalue weighted by Crippen LogP contribution is -2.31. The summed E-state index contributed by atoms with van der Waals surface area (Å²) in [5.74, 6) is 0.109. The van der Waals surface area contributed by atoms with Crippen molar-refractivity contribution in [3.05, 3.63) is 39.4 Å². The summed E-state index contributed by atoms with van der Waals surface area (Å²) in [5, 5.41) is 14.0. The predicted molar refractivity (Wildman–Crippen MR) is 84.8 cm³/mol. The first-order valence-corrected chi connectivity index (χ1v) is 8.07. The number of benzene rings is 1. The zero-order valence-corrected chi connectivity index (χ0v) is 13.6. The van der Waals surface area contributed by atoms with Gasteiger partial charge in [-0.1, -0.05) is 28.1 Å². The summed E-state index contributed by atoms with van der Waals surface area (Å²) in [6.45, 7) is 2.23. The minimum Gasteiger partial charge on any atom is -0.352 e. The Morgan fingerprint density at radius 3 is 2.67 bits per heavy atom. The maximum Gasteiger partial charge on any atom is 0.285 e. The van der Waals surface area contributed by atoms with Crippen molar-refractivity contribution in [3.8, 4) is 0 Å². The van der Waals surface area contributed by atoms with Crippen LogP contribution in [0.3, 0.4) is 0 Å². The molecule has 6 heteroatoms. The van der Waals surface area contributed by atoms with Crippen LogP contribution in [-0.4, -0.2) is 22.2 Å². The fourth-order valence-electron chi connectivity index (χ4n) is 2.74. The molecule has 0 spiro atoms. The van der Waals surface area contributed by atoms with Crippen molar-refractivity contribution >= 4 is 27.5 Å². The highest BCUT2D eigenvalue weighted by Gasteiger charge is 2.24. The Bertz CT molecular complexity index is 540. The molecule has 1 aliphatic carbocycles. The van der Waals surface area contributed by atoms with Crippen LogP contribution >= 0.6 is 15.9 Å². The zero-order valence-electron chi connectivity index (χ0n) is 12.0. The summed E-state index contributed by atoms with van der Waals surface area (Å²) in [6, 6.07) is 4.83. The van der Waals surface area contributed by atoms with E-state index in [0.29, 0.717) is 22.9 Å². The minimum absolute atomic E-state index is 0.0980. The smallest absolute Gasteiger partial charge is 0.285 e. The molecule has 1 N–H and O–H groups in total. The van der Waals surface area contributed by atoms with Crippen LogP contribution in [0.15, 0.2) is 18.2 Å². The molecular weight excluding hydrogens is 336 g/mol. The Kier molecular flexibility index (Phi) is 5.33. The van der Waals surface area contributed by atoms with Gasteiger partial charge in [0.25, 0.3) is 11.6 Å². The van der Waals surface area contributed by atoms with Gasteiger partial charge in [0.1, 0.15) is 5.56 Å². The van der Waals surface area contributed by atoms with Gasteiger partial charge in [0.05, 0.1) is 4.92 Å². The molecule has 21 heavy (non-hydrogen) atoms. The molecule has 0 radical (unpaired) electrons. The van der Waals surface area contributed by atoms with Crippen LogP contribution in [0.25, 0.3) is 0 Å². The molecule has 1 aliphatic rings. The Hall–Kier alpha value is -1.43.